The molecule has 2 heterocycles. The second-order valence-electron chi connectivity index (χ2n) is 6.08. The Labute approximate surface area is 150 Å². The third kappa shape index (κ3) is 3.21. The van der Waals surface area contributed by atoms with Crippen molar-refractivity contribution < 1.29 is 0 Å². The molecule has 2 aromatic carbocycles. The van der Waals surface area contributed by atoms with Crippen LogP contribution in [0.2, 0.25) is 0 Å². The van der Waals surface area contributed by atoms with Crippen LogP contribution in [0.15, 0.2) is 65.5 Å². The molecule has 0 unspecified atom stereocenters. The van der Waals surface area contributed by atoms with E-state index in [1.807, 2.05) is 30.3 Å². The molecule has 0 bridgehead atoms. The average molecular weight is 345 g/mol. The minimum absolute atomic E-state index is 0.193. The number of nitrogens with one attached hydrogen (secondary N) is 2. The second kappa shape index (κ2) is 6.84. The van der Waals surface area contributed by atoms with Crippen LogP contribution in [-0.4, -0.2) is 19.6 Å². The van der Waals surface area contributed by atoms with Crippen LogP contribution >= 0.6 is 0 Å². The number of aromatic nitrogens is 4. The van der Waals surface area contributed by atoms with Gasteiger partial charge in [0.1, 0.15) is 0 Å². The van der Waals surface area contributed by atoms with E-state index >= 15 is 0 Å². The van der Waals surface area contributed by atoms with Gasteiger partial charge in [-0.2, -0.15) is 9.50 Å². The molecular formula is C20H19N5O. The van der Waals surface area contributed by atoms with E-state index in [2.05, 4.69) is 51.6 Å². The lowest BCUT2D eigenvalue weighted by Gasteiger charge is -2.03. The zero-order chi connectivity index (χ0) is 17.9. The molecule has 0 saturated heterocycles. The summed E-state index contributed by atoms with van der Waals surface area (Å²) in [5.41, 5.74) is 3.76. The first-order valence-electron chi connectivity index (χ1n) is 8.60. The predicted octanol–water partition coefficient (Wildman–Crippen LogP) is 3.26. The summed E-state index contributed by atoms with van der Waals surface area (Å²) in [6.45, 7) is 2.75. The van der Waals surface area contributed by atoms with Gasteiger partial charge in [-0.25, -0.2) is 4.98 Å². The van der Waals surface area contributed by atoms with Gasteiger partial charge in [0.15, 0.2) is 0 Å². The molecule has 0 aliphatic heterocycles. The van der Waals surface area contributed by atoms with Gasteiger partial charge in [0, 0.05) is 18.2 Å². The molecule has 6 heteroatoms. The highest BCUT2D eigenvalue weighted by atomic mass is 16.1. The predicted molar refractivity (Wildman–Crippen MR) is 102 cm³/mol. The van der Waals surface area contributed by atoms with Crippen molar-refractivity contribution in [3.8, 4) is 11.3 Å². The standard InChI is InChI=1S/C20H19N5O/c1-2-14-8-10-15(11-9-14)13-21-19-23-20-22-17(12-18(26)25(20)24-19)16-6-4-3-5-7-16/h3-12H,2,13H2,1H3,(H2,21,22,23,24). The molecule has 0 aliphatic rings. The number of hydrogen-bond acceptors (Lipinski definition) is 4. The van der Waals surface area contributed by atoms with Crippen LogP contribution in [0, 0.1) is 0 Å². The summed E-state index contributed by atoms with van der Waals surface area (Å²) < 4.78 is 1.34. The van der Waals surface area contributed by atoms with Gasteiger partial charge in [0.05, 0.1) is 5.69 Å². The van der Waals surface area contributed by atoms with Gasteiger partial charge in [-0.15, -0.1) is 0 Å². The van der Waals surface area contributed by atoms with Gasteiger partial charge in [0.2, 0.25) is 5.95 Å². The summed E-state index contributed by atoms with van der Waals surface area (Å²) in [5.74, 6) is 0.861. The molecule has 0 saturated carbocycles. The molecule has 0 aliphatic carbocycles. The SMILES string of the molecule is CCc1ccc(CNc2nc3nc(-c4ccccc4)cc(=O)n3[nH]2)cc1. The average Bonchev–Trinajstić information content (AvgIpc) is 3.11. The molecule has 130 valence electrons. The normalized spacial score (nSPS) is 11.0. The van der Waals surface area contributed by atoms with E-state index in [1.54, 1.807) is 0 Å². The lowest BCUT2D eigenvalue weighted by atomic mass is 10.1. The fourth-order valence-corrected chi connectivity index (χ4v) is 2.80. The maximum absolute atomic E-state index is 12.4. The van der Waals surface area contributed by atoms with Crippen LogP contribution in [0.1, 0.15) is 18.1 Å². The lowest BCUT2D eigenvalue weighted by Crippen LogP contribution is -2.14. The minimum Gasteiger partial charge on any atom is -0.351 e. The third-order valence-corrected chi connectivity index (χ3v) is 4.29. The van der Waals surface area contributed by atoms with Crippen molar-refractivity contribution in [3.05, 3.63) is 82.1 Å². The molecule has 4 aromatic rings. The molecular weight excluding hydrogens is 326 g/mol. The second-order valence-corrected chi connectivity index (χ2v) is 6.08. The first-order valence-corrected chi connectivity index (χ1v) is 8.60. The summed E-state index contributed by atoms with van der Waals surface area (Å²) in [6, 6.07) is 19.5. The van der Waals surface area contributed by atoms with Crippen molar-refractivity contribution in [2.75, 3.05) is 5.32 Å². The Morgan fingerprint density at radius 1 is 1.00 bits per heavy atom. The Kier molecular flexibility index (Phi) is 4.23. The maximum atomic E-state index is 12.4. The topological polar surface area (TPSA) is 75.1 Å². The fourth-order valence-electron chi connectivity index (χ4n) is 2.80. The number of anilines is 1. The van der Waals surface area contributed by atoms with Crippen LogP contribution in [0.25, 0.3) is 17.0 Å². The number of H-pyrrole nitrogens is 1. The van der Waals surface area contributed by atoms with Crippen molar-refractivity contribution in [2.24, 2.45) is 0 Å². The molecule has 6 nitrogen and oxygen atoms in total. The van der Waals surface area contributed by atoms with E-state index in [4.69, 9.17) is 0 Å². The summed E-state index contributed by atoms with van der Waals surface area (Å²) in [7, 11) is 0. The highest BCUT2D eigenvalue weighted by Crippen LogP contribution is 2.15. The Morgan fingerprint density at radius 2 is 1.73 bits per heavy atom. The van der Waals surface area contributed by atoms with Crippen LogP contribution in [-0.2, 0) is 13.0 Å². The molecule has 0 atom stereocenters. The van der Waals surface area contributed by atoms with Crippen LogP contribution in [0.4, 0.5) is 5.95 Å². The molecule has 26 heavy (non-hydrogen) atoms. The Balaban J connectivity index is 1.59. The van der Waals surface area contributed by atoms with Gasteiger partial charge in [-0.05, 0) is 17.5 Å². The number of nitrogens with zero attached hydrogens (tertiary/aromatic N) is 3. The van der Waals surface area contributed by atoms with Crippen LogP contribution < -0.4 is 10.9 Å². The Morgan fingerprint density at radius 3 is 2.46 bits per heavy atom. The van der Waals surface area contributed by atoms with Crippen LogP contribution in [0.5, 0.6) is 0 Å². The van der Waals surface area contributed by atoms with E-state index in [0.717, 1.165) is 17.5 Å². The number of benzene rings is 2. The van der Waals surface area contributed by atoms with E-state index < -0.39 is 0 Å². The monoisotopic (exact) mass is 345 g/mol. The first-order chi connectivity index (χ1) is 12.7. The third-order valence-electron chi connectivity index (χ3n) is 4.29. The highest BCUT2D eigenvalue weighted by molar-refractivity contribution is 5.60. The van der Waals surface area contributed by atoms with Gasteiger partial charge >= 0.3 is 0 Å². The largest absolute Gasteiger partial charge is 0.351 e. The van der Waals surface area contributed by atoms with E-state index in [-0.39, 0.29) is 5.56 Å². The Bertz CT molecular complexity index is 1080. The summed E-state index contributed by atoms with van der Waals surface area (Å²) >= 11 is 0. The number of hydrogen-bond donors (Lipinski definition) is 2. The fraction of sp³-hybridized carbons (Fsp3) is 0.150. The summed E-state index contributed by atoms with van der Waals surface area (Å²) in [5, 5.41) is 6.16. The molecule has 0 spiro atoms. The van der Waals surface area contributed by atoms with Crippen molar-refractivity contribution >= 4 is 11.7 Å². The van der Waals surface area contributed by atoms with Crippen molar-refractivity contribution in [1.29, 1.82) is 0 Å². The summed E-state index contributed by atoms with van der Waals surface area (Å²) in [6.07, 6.45) is 1.02. The molecule has 2 N–H and O–H groups in total. The molecule has 0 fully saturated rings. The minimum atomic E-state index is -0.193. The highest BCUT2D eigenvalue weighted by Gasteiger charge is 2.09. The van der Waals surface area contributed by atoms with Gasteiger partial charge in [-0.3, -0.25) is 9.89 Å². The van der Waals surface area contributed by atoms with E-state index in [0.29, 0.717) is 24.0 Å². The quantitative estimate of drug-likeness (QED) is 0.582. The summed E-state index contributed by atoms with van der Waals surface area (Å²) in [4.78, 5) is 21.2. The number of aromatic amines is 1. The van der Waals surface area contributed by atoms with Gasteiger partial charge < -0.3 is 5.32 Å². The smallest absolute Gasteiger partial charge is 0.274 e. The molecule has 2 aromatic heterocycles. The maximum Gasteiger partial charge on any atom is 0.274 e. The molecule has 0 amide bonds. The first kappa shape index (κ1) is 16.1. The molecule has 0 radical (unpaired) electrons. The van der Waals surface area contributed by atoms with Crippen molar-refractivity contribution in [1.82, 2.24) is 19.6 Å². The number of aryl methyl sites for hydroxylation is 1. The van der Waals surface area contributed by atoms with E-state index in [1.165, 1.54) is 16.1 Å². The van der Waals surface area contributed by atoms with Crippen molar-refractivity contribution in [2.45, 2.75) is 19.9 Å². The van der Waals surface area contributed by atoms with Gasteiger partial charge in [-0.1, -0.05) is 61.5 Å². The van der Waals surface area contributed by atoms with Crippen LogP contribution in [0.3, 0.4) is 0 Å². The Hall–Kier alpha value is -3.41. The number of rotatable bonds is 5. The van der Waals surface area contributed by atoms with Crippen molar-refractivity contribution in [3.63, 3.8) is 0 Å². The zero-order valence-electron chi connectivity index (χ0n) is 14.4. The lowest BCUT2D eigenvalue weighted by molar-refractivity contribution is 0.897. The van der Waals surface area contributed by atoms with E-state index in [9.17, 15) is 4.79 Å². The number of fused-ring (bicyclic) bond motifs is 1. The zero-order valence-corrected chi connectivity index (χ0v) is 14.4. The van der Waals surface area contributed by atoms with Gasteiger partial charge in [0.25, 0.3) is 11.3 Å². The molecule has 4 rings (SSSR count).